The van der Waals surface area contributed by atoms with Crippen LogP contribution in [0.25, 0.3) is 0 Å². The second-order valence-corrected chi connectivity index (χ2v) is 11.6. The highest BCUT2D eigenvalue weighted by Gasteiger charge is 2.33. The van der Waals surface area contributed by atoms with Crippen molar-refractivity contribution >= 4 is 17.5 Å². The van der Waals surface area contributed by atoms with Crippen molar-refractivity contribution < 1.29 is 19.4 Å². The Morgan fingerprint density at radius 2 is 1.95 bits per heavy atom. The van der Waals surface area contributed by atoms with Crippen LogP contribution in [0.2, 0.25) is 0 Å². The van der Waals surface area contributed by atoms with Gasteiger partial charge in [-0.2, -0.15) is 0 Å². The number of ether oxygens (including phenoxy) is 2. The zero-order valence-electron chi connectivity index (χ0n) is 24.0. The predicted octanol–water partition coefficient (Wildman–Crippen LogP) is 5.40. The quantitative estimate of drug-likeness (QED) is 0.153. The topological polar surface area (TPSA) is 104 Å². The van der Waals surface area contributed by atoms with Crippen LogP contribution in [-0.2, 0) is 14.3 Å². The molecule has 1 saturated carbocycles. The Morgan fingerprint density at radius 3 is 2.63 bits per heavy atom. The van der Waals surface area contributed by atoms with Crippen LogP contribution in [0, 0.1) is 29.1 Å². The SMILES string of the molecule is CC(=NC(=N)C(C)/C=C\C(=O)NC1CC(C)C(C/C=C(C)/C=C/C2CC(CO)CCO2)OC1C)C1CCC1. The highest BCUT2D eigenvalue weighted by molar-refractivity contribution is 5.99. The first-order valence-electron chi connectivity index (χ1n) is 14.5. The van der Waals surface area contributed by atoms with Crippen LogP contribution in [0.3, 0.4) is 0 Å². The average Bonchev–Trinajstić information content (AvgIpc) is 2.86. The summed E-state index contributed by atoms with van der Waals surface area (Å²) in [5, 5.41) is 20.8. The van der Waals surface area contributed by atoms with E-state index in [1.807, 2.05) is 20.8 Å². The van der Waals surface area contributed by atoms with Gasteiger partial charge in [0.05, 0.1) is 24.4 Å². The molecule has 7 nitrogen and oxygen atoms in total. The van der Waals surface area contributed by atoms with Crippen molar-refractivity contribution in [1.82, 2.24) is 5.32 Å². The van der Waals surface area contributed by atoms with E-state index in [-0.39, 0.29) is 42.8 Å². The minimum absolute atomic E-state index is 0.0417. The van der Waals surface area contributed by atoms with Crippen molar-refractivity contribution in [2.24, 2.45) is 28.7 Å². The molecule has 2 saturated heterocycles. The fourth-order valence-electron chi connectivity index (χ4n) is 5.31. The van der Waals surface area contributed by atoms with E-state index in [2.05, 4.69) is 42.4 Å². The molecule has 3 rings (SSSR count). The Kier molecular flexibility index (Phi) is 11.9. The van der Waals surface area contributed by atoms with Gasteiger partial charge in [-0.25, -0.2) is 4.99 Å². The number of nitrogens with one attached hydrogen (secondary N) is 2. The van der Waals surface area contributed by atoms with Crippen molar-refractivity contribution in [2.45, 2.75) is 104 Å². The molecule has 3 fully saturated rings. The maximum absolute atomic E-state index is 12.6. The molecule has 0 aromatic heterocycles. The van der Waals surface area contributed by atoms with E-state index in [1.54, 1.807) is 6.08 Å². The lowest BCUT2D eigenvalue weighted by atomic mass is 9.82. The van der Waals surface area contributed by atoms with Crippen molar-refractivity contribution in [3.8, 4) is 0 Å². The Hall–Kier alpha value is -2.09. The number of aliphatic imine (C=N–C) groups is 1. The Bertz CT molecular complexity index is 920. The number of carbonyl (C=O) groups is 1. The number of allylic oxidation sites excluding steroid dienone is 2. The van der Waals surface area contributed by atoms with Gasteiger partial charge in [0.1, 0.15) is 5.84 Å². The fourth-order valence-corrected chi connectivity index (χ4v) is 5.31. The van der Waals surface area contributed by atoms with Crippen molar-refractivity contribution in [3.05, 3.63) is 36.0 Å². The number of amidine groups is 1. The van der Waals surface area contributed by atoms with Gasteiger partial charge in [-0.05, 0) is 83.1 Å². The summed E-state index contributed by atoms with van der Waals surface area (Å²) in [6, 6.07) is -0.0417. The molecule has 1 amide bonds. The third kappa shape index (κ3) is 9.28. The van der Waals surface area contributed by atoms with Gasteiger partial charge in [0.15, 0.2) is 0 Å². The second kappa shape index (κ2) is 14.9. The number of aliphatic hydroxyl groups excluding tert-OH is 1. The molecule has 0 radical (unpaired) electrons. The number of aliphatic hydroxyl groups is 1. The first-order chi connectivity index (χ1) is 18.2. The van der Waals surface area contributed by atoms with Gasteiger partial charge < -0.3 is 19.9 Å². The zero-order chi connectivity index (χ0) is 27.7. The third-order valence-electron chi connectivity index (χ3n) is 8.43. The summed E-state index contributed by atoms with van der Waals surface area (Å²) < 4.78 is 12.1. The normalized spacial score (nSPS) is 32.4. The summed E-state index contributed by atoms with van der Waals surface area (Å²) >= 11 is 0. The van der Waals surface area contributed by atoms with Gasteiger partial charge in [0.2, 0.25) is 5.91 Å². The minimum Gasteiger partial charge on any atom is -0.396 e. The molecule has 0 bridgehead atoms. The Labute approximate surface area is 229 Å². The largest absolute Gasteiger partial charge is 0.396 e. The molecule has 0 aromatic rings. The van der Waals surface area contributed by atoms with E-state index in [0.29, 0.717) is 30.2 Å². The lowest BCUT2D eigenvalue weighted by Gasteiger charge is -2.39. The van der Waals surface area contributed by atoms with Crippen LogP contribution >= 0.6 is 0 Å². The first-order valence-corrected chi connectivity index (χ1v) is 14.5. The van der Waals surface area contributed by atoms with Gasteiger partial charge in [0.25, 0.3) is 0 Å². The number of hydrogen-bond donors (Lipinski definition) is 3. The molecule has 7 unspecified atom stereocenters. The number of hydrogen-bond acceptors (Lipinski definition) is 5. The number of nitrogens with zero attached hydrogens (tertiary/aromatic N) is 1. The molecule has 2 heterocycles. The molecular weight excluding hydrogens is 478 g/mol. The number of amides is 1. The van der Waals surface area contributed by atoms with Crippen molar-refractivity contribution in [2.75, 3.05) is 13.2 Å². The smallest absolute Gasteiger partial charge is 0.243 e. The Morgan fingerprint density at radius 1 is 1.18 bits per heavy atom. The van der Waals surface area contributed by atoms with Crippen LogP contribution in [0.1, 0.15) is 79.6 Å². The van der Waals surface area contributed by atoms with Crippen LogP contribution in [0.4, 0.5) is 0 Å². The van der Waals surface area contributed by atoms with Gasteiger partial charge in [-0.1, -0.05) is 50.1 Å². The molecule has 38 heavy (non-hydrogen) atoms. The second-order valence-electron chi connectivity index (χ2n) is 11.6. The Balaban J connectivity index is 1.43. The maximum atomic E-state index is 12.6. The number of carbonyl (C=O) groups excluding carboxylic acids is 1. The summed E-state index contributed by atoms with van der Waals surface area (Å²) in [6.07, 6.45) is 16.9. The van der Waals surface area contributed by atoms with E-state index >= 15 is 0 Å². The van der Waals surface area contributed by atoms with Gasteiger partial charge in [-0.3, -0.25) is 10.2 Å². The third-order valence-corrected chi connectivity index (χ3v) is 8.43. The van der Waals surface area contributed by atoms with Crippen molar-refractivity contribution in [3.63, 3.8) is 0 Å². The lowest BCUT2D eigenvalue weighted by Crippen LogP contribution is -2.50. The maximum Gasteiger partial charge on any atom is 0.243 e. The zero-order valence-corrected chi connectivity index (χ0v) is 24.0. The van der Waals surface area contributed by atoms with E-state index in [4.69, 9.17) is 14.9 Å². The summed E-state index contributed by atoms with van der Waals surface area (Å²) in [5.74, 6) is 1.13. The fraction of sp³-hybridized carbons (Fsp3) is 0.710. The van der Waals surface area contributed by atoms with E-state index < -0.39 is 0 Å². The highest BCUT2D eigenvalue weighted by atomic mass is 16.5. The van der Waals surface area contributed by atoms with Gasteiger partial charge in [-0.15, -0.1) is 0 Å². The predicted molar refractivity (Wildman–Crippen MR) is 154 cm³/mol. The molecule has 212 valence electrons. The molecule has 7 heteroatoms. The van der Waals surface area contributed by atoms with Gasteiger partial charge in [0, 0.05) is 24.8 Å². The molecule has 0 spiro atoms. The van der Waals surface area contributed by atoms with E-state index in [1.165, 1.54) is 30.9 Å². The summed E-state index contributed by atoms with van der Waals surface area (Å²) in [5.41, 5.74) is 2.22. The van der Waals surface area contributed by atoms with Crippen LogP contribution in [-0.4, -0.2) is 60.1 Å². The summed E-state index contributed by atoms with van der Waals surface area (Å²) in [6.45, 7) is 11.2. The van der Waals surface area contributed by atoms with Crippen molar-refractivity contribution in [1.29, 1.82) is 5.41 Å². The average molecular weight is 528 g/mol. The molecular formula is C31H49N3O4. The van der Waals surface area contributed by atoms with Crippen LogP contribution in [0.15, 0.2) is 40.9 Å². The lowest BCUT2D eigenvalue weighted by molar-refractivity contribution is -0.123. The van der Waals surface area contributed by atoms with E-state index in [9.17, 15) is 9.90 Å². The van der Waals surface area contributed by atoms with Gasteiger partial charge >= 0.3 is 0 Å². The summed E-state index contributed by atoms with van der Waals surface area (Å²) in [4.78, 5) is 17.1. The monoisotopic (exact) mass is 527 g/mol. The highest BCUT2D eigenvalue weighted by Crippen LogP contribution is 2.29. The van der Waals surface area contributed by atoms with E-state index in [0.717, 1.165) is 31.4 Å². The molecule has 7 atom stereocenters. The van der Waals surface area contributed by atoms with Crippen LogP contribution < -0.4 is 5.32 Å². The molecule has 3 aliphatic rings. The molecule has 1 aliphatic carbocycles. The first kappa shape index (κ1) is 30.5. The minimum atomic E-state index is -0.205. The molecule has 2 aliphatic heterocycles. The van der Waals surface area contributed by atoms with Crippen LogP contribution in [0.5, 0.6) is 0 Å². The standard InChI is InChI=1S/C31H49N3O4/c1-20(9-12-27-18-25(19-35)15-16-37-27)10-13-29-22(3)17-28(24(5)38-29)34-30(36)14-11-21(2)31(32)33-23(4)26-7-6-8-26/h9-12,14,21-22,24-29,32,35H,6-8,13,15-19H2,1-5H3,(H,34,36)/b12-9+,14-11-,20-10+,32-31?,33-23?. The summed E-state index contributed by atoms with van der Waals surface area (Å²) in [7, 11) is 0. The molecule has 3 N–H and O–H groups in total. The molecule has 0 aromatic carbocycles. The number of rotatable bonds is 10.